The Balaban J connectivity index is 1.59. The number of benzene rings is 2. The summed E-state index contributed by atoms with van der Waals surface area (Å²) >= 11 is 1.39. The molecule has 2 aromatic carbocycles. The lowest BCUT2D eigenvalue weighted by Gasteiger charge is -2.08. The predicted molar refractivity (Wildman–Crippen MR) is 108 cm³/mol. The molecule has 0 aliphatic rings. The first kappa shape index (κ1) is 18.9. The standard InChI is InChI=1S/C21H20N2O3S/c1-3-26-21(25)15-8-10-16(11-9-15)22-19(24)13-27-20-12-14(2)17-6-4-5-7-18(17)23-20/h4-12H,3,13H2,1-2H3,(H,22,24). The molecule has 6 heteroatoms. The maximum atomic E-state index is 12.2. The summed E-state index contributed by atoms with van der Waals surface area (Å²) in [6.07, 6.45) is 0. The highest BCUT2D eigenvalue weighted by atomic mass is 32.2. The van der Waals surface area contributed by atoms with Gasteiger partial charge in [0.2, 0.25) is 5.91 Å². The van der Waals surface area contributed by atoms with E-state index in [2.05, 4.69) is 10.3 Å². The number of aromatic nitrogens is 1. The van der Waals surface area contributed by atoms with Gasteiger partial charge in [0.1, 0.15) is 0 Å². The molecule has 3 aromatic rings. The number of hydrogen-bond acceptors (Lipinski definition) is 5. The summed E-state index contributed by atoms with van der Waals surface area (Å²) in [5, 5.41) is 4.76. The molecule has 0 unspecified atom stereocenters. The number of para-hydroxylation sites is 1. The zero-order valence-corrected chi connectivity index (χ0v) is 16.0. The number of fused-ring (bicyclic) bond motifs is 1. The molecule has 0 saturated carbocycles. The Hall–Kier alpha value is -2.86. The van der Waals surface area contributed by atoms with Crippen LogP contribution in [0.5, 0.6) is 0 Å². The van der Waals surface area contributed by atoms with Crippen molar-refractivity contribution in [2.45, 2.75) is 18.9 Å². The van der Waals surface area contributed by atoms with Gasteiger partial charge in [0.25, 0.3) is 0 Å². The molecule has 0 atom stereocenters. The highest BCUT2D eigenvalue weighted by Gasteiger charge is 2.09. The van der Waals surface area contributed by atoms with Crippen molar-refractivity contribution in [3.05, 3.63) is 65.7 Å². The minimum Gasteiger partial charge on any atom is -0.462 e. The number of aryl methyl sites for hydroxylation is 1. The Morgan fingerprint density at radius 2 is 1.85 bits per heavy atom. The second-order valence-corrected chi connectivity index (χ2v) is 6.92. The monoisotopic (exact) mass is 380 g/mol. The maximum absolute atomic E-state index is 12.2. The van der Waals surface area contributed by atoms with Crippen molar-refractivity contribution in [1.82, 2.24) is 4.98 Å². The second kappa shape index (κ2) is 8.68. The first-order chi connectivity index (χ1) is 13.1. The Bertz CT molecular complexity index is 971. The number of nitrogens with zero attached hydrogens (tertiary/aromatic N) is 1. The summed E-state index contributed by atoms with van der Waals surface area (Å²) < 4.78 is 4.94. The average molecular weight is 380 g/mol. The number of esters is 1. The average Bonchev–Trinajstić information content (AvgIpc) is 2.67. The molecule has 27 heavy (non-hydrogen) atoms. The molecule has 0 radical (unpaired) electrons. The van der Waals surface area contributed by atoms with Crippen molar-refractivity contribution in [2.24, 2.45) is 0 Å². The summed E-state index contributed by atoms with van der Waals surface area (Å²) in [7, 11) is 0. The van der Waals surface area contributed by atoms with Gasteiger partial charge in [-0.3, -0.25) is 4.79 Å². The second-order valence-electron chi connectivity index (χ2n) is 5.93. The van der Waals surface area contributed by atoms with Crippen LogP contribution in [0.1, 0.15) is 22.8 Å². The van der Waals surface area contributed by atoms with Crippen LogP contribution in [0, 0.1) is 6.92 Å². The molecule has 1 amide bonds. The van der Waals surface area contributed by atoms with Gasteiger partial charge < -0.3 is 10.1 Å². The Labute approximate surface area is 162 Å². The SMILES string of the molecule is CCOC(=O)c1ccc(NC(=O)CSc2cc(C)c3ccccc3n2)cc1. The Kier molecular flexibility index (Phi) is 6.08. The molecule has 0 aliphatic heterocycles. The maximum Gasteiger partial charge on any atom is 0.338 e. The number of amides is 1. The van der Waals surface area contributed by atoms with E-state index in [1.807, 2.05) is 37.3 Å². The predicted octanol–water partition coefficient (Wildman–Crippen LogP) is 4.45. The molecule has 0 fully saturated rings. The van der Waals surface area contributed by atoms with Crippen molar-refractivity contribution in [1.29, 1.82) is 0 Å². The largest absolute Gasteiger partial charge is 0.462 e. The van der Waals surface area contributed by atoms with Crippen LogP contribution in [-0.2, 0) is 9.53 Å². The third kappa shape index (κ3) is 4.86. The Morgan fingerprint density at radius 3 is 2.59 bits per heavy atom. The molecule has 1 heterocycles. The van der Waals surface area contributed by atoms with Crippen molar-refractivity contribution in [3.8, 4) is 0 Å². The van der Waals surface area contributed by atoms with E-state index in [9.17, 15) is 9.59 Å². The summed E-state index contributed by atoms with van der Waals surface area (Å²) in [5.74, 6) is -0.245. The normalized spacial score (nSPS) is 10.6. The molecule has 5 nitrogen and oxygen atoms in total. The summed E-state index contributed by atoms with van der Waals surface area (Å²) in [4.78, 5) is 28.4. The van der Waals surface area contributed by atoms with Crippen LogP contribution in [-0.4, -0.2) is 29.2 Å². The lowest BCUT2D eigenvalue weighted by Crippen LogP contribution is -2.14. The van der Waals surface area contributed by atoms with Crippen LogP contribution < -0.4 is 5.32 Å². The minimum absolute atomic E-state index is 0.128. The number of rotatable bonds is 6. The molecule has 3 rings (SSSR count). The highest BCUT2D eigenvalue weighted by molar-refractivity contribution is 7.99. The molecule has 0 spiro atoms. The quantitative estimate of drug-likeness (QED) is 0.505. The Morgan fingerprint density at radius 1 is 1.11 bits per heavy atom. The van der Waals surface area contributed by atoms with E-state index in [0.717, 1.165) is 21.5 Å². The smallest absolute Gasteiger partial charge is 0.338 e. The van der Waals surface area contributed by atoms with E-state index in [1.54, 1.807) is 31.2 Å². The van der Waals surface area contributed by atoms with Gasteiger partial charge in [-0.25, -0.2) is 9.78 Å². The van der Waals surface area contributed by atoms with Gasteiger partial charge >= 0.3 is 5.97 Å². The minimum atomic E-state index is -0.372. The first-order valence-electron chi connectivity index (χ1n) is 8.63. The van der Waals surface area contributed by atoms with Crippen molar-refractivity contribution < 1.29 is 14.3 Å². The zero-order valence-electron chi connectivity index (χ0n) is 15.2. The fourth-order valence-corrected chi connectivity index (χ4v) is 3.41. The summed E-state index contributed by atoms with van der Waals surface area (Å²) in [6, 6.07) is 16.6. The van der Waals surface area contributed by atoms with Gasteiger partial charge in [-0.05, 0) is 55.8 Å². The lowest BCUT2D eigenvalue weighted by atomic mass is 10.1. The molecular weight excluding hydrogens is 360 g/mol. The van der Waals surface area contributed by atoms with Crippen molar-refractivity contribution in [3.63, 3.8) is 0 Å². The van der Waals surface area contributed by atoms with E-state index in [-0.39, 0.29) is 17.6 Å². The number of hydrogen-bond donors (Lipinski definition) is 1. The molecule has 138 valence electrons. The van der Waals surface area contributed by atoms with Crippen LogP contribution in [0.2, 0.25) is 0 Å². The zero-order chi connectivity index (χ0) is 19.2. The molecule has 1 N–H and O–H groups in total. The van der Waals surface area contributed by atoms with Crippen LogP contribution in [0.3, 0.4) is 0 Å². The van der Waals surface area contributed by atoms with Crippen molar-refractivity contribution >= 4 is 40.2 Å². The fraction of sp³-hybridized carbons (Fsp3) is 0.190. The van der Waals surface area contributed by atoms with Crippen LogP contribution in [0.4, 0.5) is 5.69 Å². The molecule has 0 saturated heterocycles. The molecule has 1 aromatic heterocycles. The number of carbonyl (C=O) groups excluding carboxylic acids is 2. The van der Waals surface area contributed by atoms with E-state index in [4.69, 9.17) is 4.74 Å². The van der Waals surface area contributed by atoms with Gasteiger partial charge in [0, 0.05) is 11.1 Å². The van der Waals surface area contributed by atoms with Gasteiger partial charge in [-0.2, -0.15) is 0 Å². The van der Waals surface area contributed by atoms with Crippen LogP contribution >= 0.6 is 11.8 Å². The highest BCUT2D eigenvalue weighted by Crippen LogP contribution is 2.23. The van der Waals surface area contributed by atoms with Gasteiger partial charge in [0.05, 0.1) is 28.5 Å². The van der Waals surface area contributed by atoms with Gasteiger partial charge in [0.15, 0.2) is 0 Å². The third-order valence-corrected chi connectivity index (χ3v) is 4.84. The number of ether oxygens (including phenoxy) is 1. The first-order valence-corrected chi connectivity index (χ1v) is 9.61. The fourth-order valence-electron chi connectivity index (χ4n) is 2.63. The third-order valence-electron chi connectivity index (χ3n) is 3.93. The molecule has 0 bridgehead atoms. The lowest BCUT2D eigenvalue weighted by molar-refractivity contribution is -0.113. The number of nitrogens with one attached hydrogen (secondary N) is 1. The van der Waals surface area contributed by atoms with E-state index >= 15 is 0 Å². The summed E-state index contributed by atoms with van der Waals surface area (Å²) in [5.41, 5.74) is 3.16. The number of carbonyl (C=O) groups is 2. The van der Waals surface area contributed by atoms with Crippen LogP contribution in [0.15, 0.2) is 59.6 Å². The van der Waals surface area contributed by atoms with Crippen molar-refractivity contribution in [2.75, 3.05) is 17.7 Å². The summed E-state index contributed by atoms with van der Waals surface area (Å²) in [6.45, 7) is 4.13. The molecular formula is C21H20N2O3S. The van der Waals surface area contributed by atoms with E-state index < -0.39 is 0 Å². The van der Waals surface area contributed by atoms with Crippen LogP contribution in [0.25, 0.3) is 10.9 Å². The number of anilines is 1. The number of pyridine rings is 1. The van der Waals surface area contributed by atoms with E-state index in [1.165, 1.54) is 11.8 Å². The van der Waals surface area contributed by atoms with Gasteiger partial charge in [-0.1, -0.05) is 30.0 Å². The molecule has 0 aliphatic carbocycles. The van der Waals surface area contributed by atoms with Gasteiger partial charge in [-0.15, -0.1) is 0 Å². The topological polar surface area (TPSA) is 68.3 Å². The number of thioether (sulfide) groups is 1. The van der Waals surface area contributed by atoms with E-state index in [0.29, 0.717) is 17.9 Å².